The number of fused-ring (bicyclic) bond motifs is 1. The molecule has 3 aromatic rings. The van der Waals surface area contributed by atoms with E-state index in [1.54, 1.807) is 18.3 Å². The number of thiazole rings is 1. The van der Waals surface area contributed by atoms with Crippen LogP contribution in [0.25, 0.3) is 21.6 Å². The quantitative estimate of drug-likeness (QED) is 0.122. The Morgan fingerprint density at radius 2 is 2.02 bits per heavy atom. The molecule has 9 nitrogen and oxygen atoms in total. The number of ether oxygens (including phenoxy) is 2. The molecule has 3 heterocycles. The largest absolute Gasteiger partial charge is 0.543 e. The summed E-state index contributed by atoms with van der Waals surface area (Å²) in [6.45, 7) is 14.8. The van der Waals surface area contributed by atoms with Crippen LogP contribution in [0.4, 0.5) is 0 Å². The molecular weight excluding hydrogens is 579 g/mol. The number of rotatable bonds is 13. The summed E-state index contributed by atoms with van der Waals surface area (Å²) >= 11 is 1.60. The van der Waals surface area contributed by atoms with Gasteiger partial charge in [-0.25, -0.2) is 9.67 Å². The van der Waals surface area contributed by atoms with Gasteiger partial charge in [-0.3, -0.25) is 4.55 Å². The van der Waals surface area contributed by atoms with Gasteiger partial charge in [0.1, 0.15) is 16.5 Å². The molecule has 228 valence electrons. The number of hydrogen-bond donors (Lipinski definition) is 1. The van der Waals surface area contributed by atoms with E-state index in [1.807, 2.05) is 4.68 Å². The number of hydrogen-bond acceptors (Lipinski definition) is 8. The molecule has 0 spiro atoms. The predicted molar refractivity (Wildman–Crippen MR) is 167 cm³/mol. The molecule has 1 aliphatic heterocycles. The molecular formula is C29H45N3O6S2Si. The maximum Gasteiger partial charge on any atom is 0.265 e. The molecule has 0 aliphatic carbocycles. The van der Waals surface area contributed by atoms with Crippen molar-refractivity contribution in [3.8, 4) is 16.5 Å². The van der Waals surface area contributed by atoms with Gasteiger partial charge in [0.05, 0.1) is 17.0 Å². The van der Waals surface area contributed by atoms with Crippen LogP contribution >= 0.6 is 11.3 Å². The van der Waals surface area contributed by atoms with E-state index in [-0.39, 0.29) is 22.9 Å². The molecule has 2 aromatic heterocycles. The normalized spacial score (nSPS) is 17.7. The van der Waals surface area contributed by atoms with Crippen molar-refractivity contribution in [1.29, 1.82) is 0 Å². The summed E-state index contributed by atoms with van der Waals surface area (Å²) in [6.07, 6.45) is 5.24. The van der Waals surface area contributed by atoms with Gasteiger partial charge in [0, 0.05) is 30.6 Å². The molecule has 0 amide bonds. The van der Waals surface area contributed by atoms with Crippen LogP contribution in [-0.2, 0) is 26.0 Å². The number of aryl methyl sites for hydroxylation is 1. The number of benzene rings is 1. The molecule has 4 rings (SSSR count). The Kier molecular flexibility index (Phi) is 10.3. The highest BCUT2D eigenvalue weighted by Gasteiger charge is 2.39. The zero-order chi connectivity index (χ0) is 29.8. The van der Waals surface area contributed by atoms with Crippen LogP contribution in [0.5, 0.6) is 5.75 Å². The van der Waals surface area contributed by atoms with Gasteiger partial charge in [0.2, 0.25) is 8.32 Å². The second-order valence-corrected chi connectivity index (χ2v) is 19.7. The fourth-order valence-corrected chi connectivity index (χ4v) is 7.40. The molecule has 1 N–H and O–H groups in total. The lowest BCUT2D eigenvalue weighted by molar-refractivity contribution is -0.0365. The van der Waals surface area contributed by atoms with Crippen molar-refractivity contribution in [3.63, 3.8) is 0 Å². The highest BCUT2D eigenvalue weighted by atomic mass is 32.2. The van der Waals surface area contributed by atoms with Gasteiger partial charge in [-0.05, 0) is 80.8 Å². The minimum atomic E-state index is -3.94. The average molecular weight is 624 g/mol. The third-order valence-electron chi connectivity index (χ3n) is 8.01. The van der Waals surface area contributed by atoms with Gasteiger partial charge in [0.25, 0.3) is 10.1 Å². The topological polar surface area (TPSA) is 113 Å². The summed E-state index contributed by atoms with van der Waals surface area (Å²) < 4.78 is 51.4. The molecule has 1 aliphatic rings. The molecule has 1 fully saturated rings. The van der Waals surface area contributed by atoms with Crippen LogP contribution in [0.3, 0.4) is 0 Å². The zero-order valence-electron chi connectivity index (χ0n) is 25.2. The van der Waals surface area contributed by atoms with Crippen molar-refractivity contribution in [2.45, 2.75) is 90.6 Å². The average Bonchev–Trinajstić information content (AvgIpc) is 3.49. The van der Waals surface area contributed by atoms with Gasteiger partial charge < -0.3 is 13.9 Å². The second-order valence-electron chi connectivity index (χ2n) is 12.7. The van der Waals surface area contributed by atoms with Crippen molar-refractivity contribution in [3.05, 3.63) is 29.3 Å². The van der Waals surface area contributed by atoms with Gasteiger partial charge in [-0.15, -0.1) is 11.3 Å². The molecule has 2 atom stereocenters. The SMILES string of the molecule is C[C@H](CCOCCCc1csc(-c2nn(C3CCCCO3)c3ccc(O[Si](C)(C)C(C)(C)C)cc23)n1)CS(=O)(=O)O. The lowest BCUT2D eigenvalue weighted by atomic mass is 10.1. The molecule has 1 unspecified atom stereocenters. The summed E-state index contributed by atoms with van der Waals surface area (Å²) in [5, 5.41) is 9.14. The second kappa shape index (κ2) is 13.2. The summed E-state index contributed by atoms with van der Waals surface area (Å²) in [5.41, 5.74) is 2.89. The van der Waals surface area contributed by atoms with E-state index in [1.165, 1.54) is 0 Å². The van der Waals surface area contributed by atoms with Crippen molar-refractivity contribution >= 4 is 40.7 Å². The fourth-order valence-electron chi connectivity index (χ4n) is 4.64. The minimum absolute atomic E-state index is 0.0797. The van der Waals surface area contributed by atoms with Gasteiger partial charge in [0.15, 0.2) is 6.23 Å². The van der Waals surface area contributed by atoms with Crippen LogP contribution in [-0.4, -0.2) is 61.6 Å². The third kappa shape index (κ3) is 8.61. The first-order valence-electron chi connectivity index (χ1n) is 14.5. The van der Waals surface area contributed by atoms with Gasteiger partial charge in [-0.1, -0.05) is 27.7 Å². The van der Waals surface area contributed by atoms with Crippen molar-refractivity contribution in [1.82, 2.24) is 14.8 Å². The van der Waals surface area contributed by atoms with Crippen molar-refractivity contribution in [2.75, 3.05) is 25.6 Å². The minimum Gasteiger partial charge on any atom is -0.543 e. The smallest absolute Gasteiger partial charge is 0.265 e. The maximum absolute atomic E-state index is 11.0. The van der Waals surface area contributed by atoms with E-state index >= 15 is 0 Å². The lowest BCUT2D eigenvalue weighted by Crippen LogP contribution is -2.43. The van der Waals surface area contributed by atoms with Crippen LogP contribution in [0.15, 0.2) is 23.6 Å². The molecule has 0 radical (unpaired) electrons. The molecule has 1 aromatic carbocycles. The molecule has 0 bridgehead atoms. The standard InChI is InChI=1S/C29H45N3O6S2Si/c1-21(20-40(33,34)35)14-17-36-15-9-10-22-19-39-28(30-22)27-24-18-23(38-41(5,6)29(2,3)4)12-13-25(24)32(31-27)26-11-7-8-16-37-26/h12-13,18-19,21,26H,7-11,14-17,20H2,1-6H3,(H,33,34,35)/t21-,26?/m1/s1. The first-order chi connectivity index (χ1) is 19.2. The summed E-state index contributed by atoms with van der Waals surface area (Å²) in [6, 6.07) is 6.29. The first-order valence-corrected chi connectivity index (χ1v) is 19.9. The first kappa shape index (κ1) is 32.1. The van der Waals surface area contributed by atoms with Gasteiger partial charge in [-0.2, -0.15) is 13.5 Å². The van der Waals surface area contributed by atoms with Gasteiger partial charge >= 0.3 is 0 Å². The lowest BCUT2D eigenvalue weighted by Gasteiger charge is -2.36. The number of aromatic nitrogens is 3. The van der Waals surface area contributed by atoms with Crippen LogP contribution in [0.1, 0.15) is 71.7 Å². The number of nitrogens with zero attached hydrogens (tertiary/aromatic N) is 3. The Labute approximate surface area is 249 Å². The third-order valence-corrected chi connectivity index (χ3v) is 14.3. The van der Waals surface area contributed by atoms with Crippen LogP contribution < -0.4 is 4.43 Å². The Morgan fingerprint density at radius 1 is 1.24 bits per heavy atom. The molecule has 1 saturated heterocycles. The molecule has 0 saturated carbocycles. The summed E-state index contributed by atoms with van der Waals surface area (Å²) in [7, 11) is -5.95. The predicted octanol–water partition coefficient (Wildman–Crippen LogP) is 7.11. The van der Waals surface area contributed by atoms with E-state index in [0.29, 0.717) is 19.6 Å². The highest BCUT2D eigenvalue weighted by molar-refractivity contribution is 7.85. The maximum atomic E-state index is 11.0. The Hall–Kier alpha value is -1.83. The van der Waals surface area contributed by atoms with Crippen molar-refractivity contribution in [2.24, 2.45) is 5.92 Å². The van der Waals surface area contributed by atoms with E-state index in [0.717, 1.165) is 71.8 Å². The van der Waals surface area contributed by atoms with E-state index in [2.05, 4.69) is 57.4 Å². The zero-order valence-corrected chi connectivity index (χ0v) is 27.8. The molecule has 41 heavy (non-hydrogen) atoms. The fraction of sp³-hybridized carbons (Fsp3) is 0.655. The van der Waals surface area contributed by atoms with E-state index in [9.17, 15) is 8.42 Å². The summed E-state index contributed by atoms with van der Waals surface area (Å²) in [4.78, 5) is 4.94. The van der Waals surface area contributed by atoms with Crippen molar-refractivity contribution < 1.29 is 26.9 Å². The van der Waals surface area contributed by atoms with E-state index in [4.69, 9.17) is 28.5 Å². The van der Waals surface area contributed by atoms with Crippen LogP contribution in [0, 0.1) is 5.92 Å². The Balaban J connectivity index is 1.47. The Morgan fingerprint density at radius 3 is 2.71 bits per heavy atom. The summed E-state index contributed by atoms with van der Waals surface area (Å²) in [5.74, 6) is 0.487. The Bertz CT molecular complexity index is 1410. The van der Waals surface area contributed by atoms with E-state index < -0.39 is 18.4 Å². The monoisotopic (exact) mass is 623 g/mol. The van der Waals surface area contributed by atoms with Crippen LogP contribution in [0.2, 0.25) is 18.1 Å². The molecule has 12 heteroatoms. The highest BCUT2D eigenvalue weighted by Crippen LogP contribution is 2.40.